The molecule has 0 saturated carbocycles. The quantitative estimate of drug-likeness (QED) is 0.361. The molecule has 0 bridgehead atoms. The fourth-order valence-corrected chi connectivity index (χ4v) is 4.16. The van der Waals surface area contributed by atoms with Crippen molar-refractivity contribution in [2.45, 2.75) is 12.5 Å². The summed E-state index contributed by atoms with van der Waals surface area (Å²) in [5.74, 6) is 0.0134. The first-order chi connectivity index (χ1) is 16.8. The predicted octanol–water partition coefficient (Wildman–Crippen LogP) is 4.74. The summed E-state index contributed by atoms with van der Waals surface area (Å²) in [6.07, 6.45) is -0.0194. The zero-order valence-corrected chi connectivity index (χ0v) is 20.3. The van der Waals surface area contributed by atoms with Gasteiger partial charge in [0.15, 0.2) is 5.78 Å². The molecule has 0 saturated heterocycles. The van der Waals surface area contributed by atoms with Crippen LogP contribution < -0.4 is 20.5 Å². The molecule has 0 aliphatic heterocycles. The van der Waals surface area contributed by atoms with Crippen LogP contribution in [0.15, 0.2) is 77.6 Å². The summed E-state index contributed by atoms with van der Waals surface area (Å²) in [5, 5.41) is 14.8. The number of rotatable bonds is 8. The van der Waals surface area contributed by atoms with Crippen LogP contribution in [0.1, 0.15) is 28.4 Å². The van der Waals surface area contributed by atoms with Crippen LogP contribution in [0.25, 0.3) is 10.9 Å². The molecular weight excluding hydrogens is 442 g/mol. The van der Waals surface area contributed by atoms with Gasteiger partial charge in [-0.15, -0.1) is 0 Å². The Bertz CT molecular complexity index is 1410. The van der Waals surface area contributed by atoms with Crippen LogP contribution in [0.5, 0.6) is 11.5 Å². The van der Waals surface area contributed by atoms with Crippen molar-refractivity contribution in [1.82, 2.24) is 4.57 Å². The number of nitrogens with one attached hydrogen (secondary N) is 1. The summed E-state index contributed by atoms with van der Waals surface area (Å²) in [6.45, 7) is 0. The number of methoxy groups -OCH3 is 1. The lowest BCUT2D eigenvalue weighted by Gasteiger charge is -2.22. The van der Waals surface area contributed by atoms with Crippen molar-refractivity contribution in [3.63, 3.8) is 0 Å². The molecule has 0 fully saturated rings. The molecule has 1 heterocycles. The molecule has 7 heteroatoms. The van der Waals surface area contributed by atoms with Gasteiger partial charge in [0, 0.05) is 44.3 Å². The Labute approximate surface area is 204 Å². The highest BCUT2D eigenvalue weighted by Gasteiger charge is 2.25. The topological polar surface area (TPSA) is 83.8 Å². The average molecular weight is 472 g/mol. The molecule has 7 nitrogen and oxygen atoms in total. The van der Waals surface area contributed by atoms with Crippen LogP contribution in [-0.2, 0) is 7.05 Å². The normalized spacial score (nSPS) is 11.8. The Balaban J connectivity index is 1.72. The predicted molar refractivity (Wildman–Crippen MR) is 140 cm³/mol. The number of nitrogens with zero attached hydrogens (tertiary/aromatic N) is 2. The van der Waals surface area contributed by atoms with Gasteiger partial charge in [0.1, 0.15) is 17.1 Å². The van der Waals surface area contributed by atoms with Gasteiger partial charge in [-0.25, -0.2) is 0 Å². The summed E-state index contributed by atoms with van der Waals surface area (Å²) < 4.78 is 6.64. The van der Waals surface area contributed by atoms with Gasteiger partial charge in [0.05, 0.1) is 18.7 Å². The van der Waals surface area contributed by atoms with Crippen molar-refractivity contribution in [3.05, 3.63) is 94.3 Å². The van der Waals surface area contributed by atoms with Gasteiger partial charge >= 0.3 is 0 Å². The molecule has 1 unspecified atom stereocenters. The third-order valence-corrected chi connectivity index (χ3v) is 6.19. The fourth-order valence-electron chi connectivity index (χ4n) is 4.16. The van der Waals surface area contributed by atoms with Crippen molar-refractivity contribution in [3.8, 4) is 11.5 Å². The number of carbonyl (C=O) groups is 1. The van der Waals surface area contributed by atoms with Crippen LogP contribution in [0, 0.1) is 0 Å². The summed E-state index contributed by atoms with van der Waals surface area (Å²) in [7, 11) is 7.13. The SMILES string of the molecule is COc1ccc(NC(CC(=O)c2c(O)c3ccccc3n(C)c2=O)c2ccc(N(C)C)cc2)cc1. The summed E-state index contributed by atoms with van der Waals surface area (Å²) in [4.78, 5) is 28.5. The van der Waals surface area contributed by atoms with E-state index < -0.39 is 17.4 Å². The molecule has 1 atom stereocenters. The Morgan fingerprint density at radius 3 is 2.31 bits per heavy atom. The Hall–Kier alpha value is -4.26. The smallest absolute Gasteiger partial charge is 0.265 e. The van der Waals surface area contributed by atoms with Gasteiger partial charge in [0.2, 0.25) is 0 Å². The van der Waals surface area contributed by atoms with Gasteiger partial charge < -0.3 is 24.6 Å². The number of fused-ring (bicyclic) bond motifs is 1. The van der Waals surface area contributed by atoms with Crippen LogP contribution in [0.4, 0.5) is 11.4 Å². The Morgan fingerprint density at radius 1 is 1.03 bits per heavy atom. The molecule has 1 aromatic heterocycles. The van der Waals surface area contributed by atoms with E-state index >= 15 is 0 Å². The highest BCUT2D eigenvalue weighted by molar-refractivity contribution is 6.03. The summed E-state index contributed by atoms with van der Waals surface area (Å²) >= 11 is 0. The highest BCUT2D eigenvalue weighted by atomic mass is 16.5. The van der Waals surface area contributed by atoms with Crippen molar-refractivity contribution in [2.24, 2.45) is 7.05 Å². The number of aromatic nitrogens is 1. The van der Waals surface area contributed by atoms with Gasteiger partial charge in [0.25, 0.3) is 5.56 Å². The maximum absolute atomic E-state index is 13.5. The van der Waals surface area contributed by atoms with Crippen LogP contribution >= 0.6 is 0 Å². The molecule has 35 heavy (non-hydrogen) atoms. The lowest BCUT2D eigenvalue weighted by atomic mass is 9.96. The van der Waals surface area contributed by atoms with Gasteiger partial charge in [-0.05, 0) is 54.1 Å². The van der Waals surface area contributed by atoms with E-state index in [1.165, 1.54) is 4.57 Å². The van der Waals surface area contributed by atoms with E-state index in [0.717, 1.165) is 22.7 Å². The number of benzene rings is 3. The minimum atomic E-state index is -0.516. The number of Topliss-reactive ketones (excluding diaryl/α,β-unsaturated/α-hetero) is 1. The van der Waals surface area contributed by atoms with Gasteiger partial charge in [-0.1, -0.05) is 24.3 Å². The van der Waals surface area contributed by atoms with E-state index in [1.54, 1.807) is 38.4 Å². The zero-order chi connectivity index (χ0) is 25.1. The number of ketones is 1. The molecule has 0 aliphatic carbocycles. The largest absolute Gasteiger partial charge is 0.506 e. The number of aryl methyl sites for hydroxylation is 1. The second kappa shape index (κ2) is 9.93. The molecule has 2 N–H and O–H groups in total. The lowest BCUT2D eigenvalue weighted by molar-refractivity contribution is 0.0972. The zero-order valence-electron chi connectivity index (χ0n) is 20.3. The number of anilines is 2. The fraction of sp³-hybridized carbons (Fsp3) is 0.214. The minimum Gasteiger partial charge on any atom is -0.506 e. The van der Waals surface area contributed by atoms with Crippen molar-refractivity contribution in [2.75, 3.05) is 31.4 Å². The second-order valence-electron chi connectivity index (χ2n) is 8.64. The molecule has 4 aromatic rings. The first-order valence-electron chi connectivity index (χ1n) is 11.3. The van der Waals surface area contributed by atoms with Gasteiger partial charge in [-0.3, -0.25) is 9.59 Å². The minimum absolute atomic E-state index is 0.0194. The van der Waals surface area contributed by atoms with Crippen LogP contribution in [0.2, 0.25) is 0 Å². The molecule has 0 spiro atoms. The first-order valence-corrected chi connectivity index (χ1v) is 11.3. The van der Waals surface area contributed by atoms with E-state index in [9.17, 15) is 14.7 Å². The number of ether oxygens (including phenoxy) is 1. The molecule has 0 amide bonds. The number of pyridine rings is 1. The maximum Gasteiger partial charge on any atom is 0.265 e. The highest BCUT2D eigenvalue weighted by Crippen LogP contribution is 2.31. The number of para-hydroxylation sites is 1. The van der Waals surface area contributed by atoms with E-state index in [1.807, 2.05) is 67.5 Å². The Morgan fingerprint density at radius 2 is 1.69 bits per heavy atom. The monoisotopic (exact) mass is 471 g/mol. The number of carbonyl (C=O) groups excluding carboxylic acids is 1. The second-order valence-corrected chi connectivity index (χ2v) is 8.64. The maximum atomic E-state index is 13.5. The average Bonchev–Trinajstić information content (AvgIpc) is 2.87. The van der Waals surface area contributed by atoms with Crippen LogP contribution in [-0.4, -0.2) is 36.7 Å². The molecular formula is C28H29N3O4. The summed E-state index contributed by atoms with van der Waals surface area (Å²) in [6, 6.07) is 21.9. The molecule has 4 rings (SSSR count). The lowest BCUT2D eigenvalue weighted by Crippen LogP contribution is -2.26. The number of hydrogen-bond acceptors (Lipinski definition) is 6. The number of aromatic hydroxyl groups is 1. The first kappa shape index (κ1) is 23.9. The van der Waals surface area contributed by atoms with E-state index in [4.69, 9.17) is 4.74 Å². The number of hydrogen-bond donors (Lipinski definition) is 2. The molecule has 0 radical (unpaired) electrons. The van der Waals surface area contributed by atoms with Gasteiger partial charge in [-0.2, -0.15) is 0 Å². The van der Waals surface area contributed by atoms with E-state index in [-0.39, 0.29) is 17.7 Å². The van der Waals surface area contributed by atoms with E-state index in [2.05, 4.69) is 5.32 Å². The third-order valence-electron chi connectivity index (χ3n) is 6.19. The molecule has 0 aliphatic rings. The van der Waals surface area contributed by atoms with Crippen molar-refractivity contribution < 1.29 is 14.6 Å². The van der Waals surface area contributed by atoms with E-state index in [0.29, 0.717) is 10.9 Å². The molecule has 3 aromatic carbocycles. The third kappa shape index (κ3) is 4.84. The standard InChI is InChI=1S/C28H29N3O4/c1-30(2)20-13-9-18(10-14-20)23(29-19-11-15-21(35-4)16-12-19)17-25(32)26-27(33)22-7-5-6-8-24(22)31(3)28(26)34/h5-16,23,29,33H,17H2,1-4H3. The van der Waals surface area contributed by atoms with Crippen LogP contribution in [0.3, 0.4) is 0 Å². The molecule has 180 valence electrons. The van der Waals surface area contributed by atoms with Crippen molar-refractivity contribution in [1.29, 1.82) is 0 Å². The summed E-state index contributed by atoms with van der Waals surface area (Å²) in [5.41, 5.74) is 2.57. The van der Waals surface area contributed by atoms with Crippen molar-refractivity contribution >= 4 is 28.1 Å². The Kier molecular flexibility index (Phi) is 6.78.